The van der Waals surface area contributed by atoms with Gasteiger partial charge in [0, 0.05) is 23.0 Å². The van der Waals surface area contributed by atoms with Crippen molar-refractivity contribution in [3.05, 3.63) is 27.7 Å². The second kappa shape index (κ2) is 4.20. The number of halogens is 2. The summed E-state index contributed by atoms with van der Waals surface area (Å²) < 4.78 is 5.72. The highest BCUT2D eigenvalue weighted by molar-refractivity contribution is 6.35. The molecule has 0 bridgehead atoms. The van der Waals surface area contributed by atoms with Gasteiger partial charge in [-0.05, 0) is 26.1 Å². The second-order valence-corrected chi connectivity index (χ2v) is 4.59. The Labute approximate surface area is 99.5 Å². The molecular formula is C11H13Cl2NO. The van der Waals surface area contributed by atoms with Crippen LogP contribution < -0.4 is 10.1 Å². The summed E-state index contributed by atoms with van der Waals surface area (Å²) in [6.45, 7) is 2.03. The van der Waals surface area contributed by atoms with Crippen LogP contribution in [0.4, 0.5) is 0 Å². The van der Waals surface area contributed by atoms with Crippen molar-refractivity contribution in [2.75, 3.05) is 7.05 Å². The number of fused-ring (bicyclic) bond motifs is 1. The Hall–Kier alpha value is -0.440. The first-order chi connectivity index (χ1) is 7.13. The third kappa shape index (κ3) is 1.94. The molecular weight excluding hydrogens is 233 g/mol. The summed E-state index contributed by atoms with van der Waals surface area (Å²) in [6, 6.07) is 3.80. The summed E-state index contributed by atoms with van der Waals surface area (Å²) >= 11 is 12.2. The van der Waals surface area contributed by atoms with E-state index in [-0.39, 0.29) is 12.1 Å². The van der Waals surface area contributed by atoms with Crippen LogP contribution in [0, 0.1) is 0 Å². The zero-order valence-corrected chi connectivity index (χ0v) is 10.2. The third-order valence-corrected chi connectivity index (χ3v) is 3.31. The molecule has 1 aromatic carbocycles. The summed E-state index contributed by atoms with van der Waals surface area (Å²) in [5.41, 5.74) is 0.977. The highest BCUT2D eigenvalue weighted by atomic mass is 35.5. The Morgan fingerprint density at radius 3 is 2.67 bits per heavy atom. The van der Waals surface area contributed by atoms with Crippen molar-refractivity contribution in [3.8, 4) is 5.75 Å². The molecule has 0 fully saturated rings. The van der Waals surface area contributed by atoms with Crippen molar-refractivity contribution in [1.29, 1.82) is 0 Å². The van der Waals surface area contributed by atoms with Crippen LogP contribution in [0.3, 0.4) is 0 Å². The van der Waals surface area contributed by atoms with Crippen molar-refractivity contribution in [3.63, 3.8) is 0 Å². The van der Waals surface area contributed by atoms with Crippen LogP contribution in [-0.2, 0) is 0 Å². The van der Waals surface area contributed by atoms with E-state index in [0.29, 0.717) is 10.0 Å². The van der Waals surface area contributed by atoms with Crippen molar-refractivity contribution < 1.29 is 4.74 Å². The van der Waals surface area contributed by atoms with Crippen molar-refractivity contribution >= 4 is 23.2 Å². The molecule has 1 N–H and O–H groups in total. The molecule has 1 aromatic rings. The molecule has 0 saturated carbocycles. The molecule has 0 saturated heterocycles. The average Bonchev–Trinajstić information content (AvgIpc) is 2.22. The van der Waals surface area contributed by atoms with Crippen molar-refractivity contribution in [1.82, 2.24) is 5.32 Å². The van der Waals surface area contributed by atoms with Gasteiger partial charge in [-0.3, -0.25) is 0 Å². The summed E-state index contributed by atoms with van der Waals surface area (Å²) in [5.74, 6) is 0.724. The molecule has 1 aliphatic heterocycles. The number of benzene rings is 1. The van der Waals surface area contributed by atoms with Gasteiger partial charge in [-0.2, -0.15) is 0 Å². The fraction of sp³-hybridized carbons (Fsp3) is 0.455. The van der Waals surface area contributed by atoms with Crippen LogP contribution in [0.2, 0.25) is 10.0 Å². The number of hydrogen-bond acceptors (Lipinski definition) is 2. The number of nitrogens with one attached hydrogen (secondary N) is 1. The highest BCUT2D eigenvalue weighted by Crippen LogP contribution is 2.43. The zero-order valence-electron chi connectivity index (χ0n) is 8.68. The van der Waals surface area contributed by atoms with Crippen molar-refractivity contribution in [2.24, 2.45) is 0 Å². The summed E-state index contributed by atoms with van der Waals surface area (Å²) in [6.07, 6.45) is 1.06. The quantitative estimate of drug-likeness (QED) is 0.819. The molecule has 2 rings (SSSR count). The Bertz CT molecular complexity index is 381. The minimum atomic E-state index is 0.158. The van der Waals surface area contributed by atoms with Crippen LogP contribution in [0.5, 0.6) is 5.75 Å². The van der Waals surface area contributed by atoms with Crippen LogP contribution in [0.25, 0.3) is 0 Å². The molecule has 82 valence electrons. The molecule has 0 spiro atoms. The lowest BCUT2D eigenvalue weighted by Gasteiger charge is -2.31. The Kier molecular flexibility index (Phi) is 3.10. The van der Waals surface area contributed by atoms with E-state index in [2.05, 4.69) is 5.32 Å². The standard InChI is InChI=1S/C11H13Cl2NO/c1-6-5-9(14-2)10-7(12)3-4-8(13)11(10)15-6/h3-4,6,9,14H,5H2,1-2H3. The van der Waals surface area contributed by atoms with Crippen LogP contribution in [0.1, 0.15) is 24.9 Å². The molecule has 0 amide bonds. The van der Waals surface area contributed by atoms with Gasteiger partial charge in [0.2, 0.25) is 0 Å². The fourth-order valence-corrected chi connectivity index (χ4v) is 2.44. The summed E-state index contributed by atoms with van der Waals surface area (Å²) in [7, 11) is 1.92. The first-order valence-corrected chi connectivity index (χ1v) is 5.71. The van der Waals surface area contributed by atoms with Gasteiger partial charge >= 0.3 is 0 Å². The number of ether oxygens (including phenoxy) is 1. The van der Waals surface area contributed by atoms with Crippen molar-refractivity contribution in [2.45, 2.75) is 25.5 Å². The summed E-state index contributed by atoms with van der Waals surface area (Å²) in [5, 5.41) is 4.57. The molecule has 0 aliphatic carbocycles. The Balaban J connectivity index is 2.54. The largest absolute Gasteiger partial charge is 0.489 e. The molecule has 2 unspecified atom stereocenters. The van der Waals surface area contributed by atoms with Gasteiger partial charge in [0.05, 0.1) is 11.1 Å². The van der Waals surface area contributed by atoms with Gasteiger partial charge in [0.15, 0.2) is 0 Å². The minimum Gasteiger partial charge on any atom is -0.489 e. The molecule has 1 aliphatic rings. The van der Waals surface area contributed by atoms with E-state index < -0.39 is 0 Å². The number of rotatable bonds is 1. The van der Waals surface area contributed by atoms with E-state index in [9.17, 15) is 0 Å². The van der Waals surface area contributed by atoms with Gasteiger partial charge in [-0.15, -0.1) is 0 Å². The molecule has 2 nitrogen and oxygen atoms in total. The molecule has 2 atom stereocenters. The normalized spacial score (nSPS) is 24.5. The van der Waals surface area contributed by atoms with Gasteiger partial charge in [-0.25, -0.2) is 0 Å². The topological polar surface area (TPSA) is 21.3 Å². The smallest absolute Gasteiger partial charge is 0.144 e. The predicted molar refractivity (Wildman–Crippen MR) is 63.0 cm³/mol. The van der Waals surface area contributed by atoms with Gasteiger partial charge < -0.3 is 10.1 Å². The lowest BCUT2D eigenvalue weighted by atomic mass is 9.97. The van der Waals surface area contributed by atoms with Gasteiger partial charge in [-0.1, -0.05) is 23.2 Å². The maximum Gasteiger partial charge on any atom is 0.144 e. The second-order valence-electron chi connectivity index (χ2n) is 3.78. The Morgan fingerprint density at radius 2 is 2.00 bits per heavy atom. The maximum atomic E-state index is 6.16. The first kappa shape index (κ1) is 11.1. The maximum absolute atomic E-state index is 6.16. The molecule has 15 heavy (non-hydrogen) atoms. The average molecular weight is 246 g/mol. The van der Waals surface area contributed by atoms with Crippen LogP contribution >= 0.6 is 23.2 Å². The van der Waals surface area contributed by atoms with Crippen LogP contribution in [-0.4, -0.2) is 13.2 Å². The first-order valence-electron chi connectivity index (χ1n) is 4.95. The van der Waals surface area contributed by atoms with Gasteiger partial charge in [0.25, 0.3) is 0 Å². The van der Waals surface area contributed by atoms with E-state index in [1.54, 1.807) is 6.07 Å². The molecule has 0 radical (unpaired) electrons. The lowest BCUT2D eigenvalue weighted by Crippen LogP contribution is -2.29. The SMILES string of the molecule is CNC1CC(C)Oc2c(Cl)ccc(Cl)c21. The summed E-state index contributed by atoms with van der Waals surface area (Å²) in [4.78, 5) is 0. The molecule has 4 heteroatoms. The van der Waals surface area contributed by atoms with Gasteiger partial charge in [0.1, 0.15) is 5.75 Å². The fourth-order valence-electron chi connectivity index (χ4n) is 1.95. The van der Waals surface area contributed by atoms with E-state index in [1.807, 2.05) is 20.0 Å². The van der Waals surface area contributed by atoms with E-state index in [0.717, 1.165) is 17.7 Å². The Morgan fingerprint density at radius 1 is 1.33 bits per heavy atom. The minimum absolute atomic E-state index is 0.158. The van der Waals surface area contributed by atoms with E-state index >= 15 is 0 Å². The predicted octanol–water partition coefficient (Wildman–Crippen LogP) is 3.42. The van der Waals surface area contributed by atoms with E-state index in [1.165, 1.54) is 0 Å². The highest BCUT2D eigenvalue weighted by Gasteiger charge is 2.28. The zero-order chi connectivity index (χ0) is 11.0. The third-order valence-electron chi connectivity index (χ3n) is 2.68. The molecule has 0 aromatic heterocycles. The van der Waals surface area contributed by atoms with Crippen LogP contribution in [0.15, 0.2) is 12.1 Å². The monoisotopic (exact) mass is 245 g/mol. The molecule has 1 heterocycles. The number of hydrogen-bond donors (Lipinski definition) is 1. The lowest BCUT2D eigenvalue weighted by molar-refractivity contribution is 0.169. The van der Waals surface area contributed by atoms with E-state index in [4.69, 9.17) is 27.9 Å².